The molecule has 1 aliphatic carbocycles. The van der Waals surface area contributed by atoms with E-state index in [1.807, 2.05) is 14.7 Å². The van der Waals surface area contributed by atoms with Crippen LogP contribution in [0.15, 0.2) is 34.3 Å². The van der Waals surface area contributed by atoms with Crippen LogP contribution >= 0.6 is 0 Å². The number of hydrogen-bond donors (Lipinski definition) is 1. The summed E-state index contributed by atoms with van der Waals surface area (Å²) < 4.78 is 0. The summed E-state index contributed by atoms with van der Waals surface area (Å²) in [6.45, 7) is 10.6. The van der Waals surface area contributed by atoms with Crippen LogP contribution in [0.3, 0.4) is 0 Å². The lowest BCUT2D eigenvalue weighted by molar-refractivity contribution is -0.132. The van der Waals surface area contributed by atoms with Gasteiger partial charge in [0.05, 0.1) is 5.70 Å². The number of carboxylic acids is 1. The lowest BCUT2D eigenvalue weighted by Gasteiger charge is -2.21. The summed E-state index contributed by atoms with van der Waals surface area (Å²) in [6.07, 6.45) is 1.52. The number of carbonyl (C=O) groups excluding carboxylic acids is 2. The molecule has 4 rings (SSSR count). The molecular weight excluding hydrogens is 322 g/mol. The number of hydrogen-bond acceptors (Lipinski definition) is 6. The van der Waals surface area contributed by atoms with E-state index in [1.165, 1.54) is 6.08 Å². The average Bonchev–Trinajstić information content (AvgIpc) is 3.37. The molecule has 0 amide bonds. The number of aliphatic carboxylic acids is 1. The highest BCUT2D eigenvalue weighted by atomic mass is 16.4. The van der Waals surface area contributed by atoms with E-state index in [9.17, 15) is 14.4 Å². The second-order valence-electron chi connectivity index (χ2n) is 6.81. The molecule has 0 spiro atoms. The van der Waals surface area contributed by atoms with E-state index >= 15 is 0 Å². The topological polar surface area (TPSA) is 80.5 Å². The third-order valence-corrected chi connectivity index (χ3v) is 4.56. The SMILES string of the molecule is CC(C)=C(C)C(=O)O.O=C1C=C(N2CC2)C(=O)C(N2CC2)=C1N1CC1. The summed E-state index contributed by atoms with van der Waals surface area (Å²) in [4.78, 5) is 40.6. The van der Waals surface area contributed by atoms with E-state index in [0.717, 1.165) is 44.8 Å². The summed E-state index contributed by atoms with van der Waals surface area (Å²) in [7, 11) is 0. The molecule has 3 heterocycles. The van der Waals surface area contributed by atoms with Crippen molar-refractivity contribution in [1.82, 2.24) is 14.7 Å². The first-order valence-corrected chi connectivity index (χ1v) is 8.48. The van der Waals surface area contributed by atoms with Gasteiger partial charge in [-0.05, 0) is 20.8 Å². The van der Waals surface area contributed by atoms with E-state index in [-0.39, 0.29) is 11.6 Å². The lowest BCUT2D eigenvalue weighted by atomic mass is 10.0. The monoisotopic (exact) mass is 345 g/mol. The normalized spacial score (nSPS) is 20.8. The van der Waals surface area contributed by atoms with Crippen LogP contribution in [0.1, 0.15) is 20.8 Å². The zero-order valence-electron chi connectivity index (χ0n) is 14.8. The molecule has 7 heteroatoms. The van der Waals surface area contributed by atoms with Gasteiger partial charge in [0.1, 0.15) is 11.4 Å². The first-order chi connectivity index (χ1) is 11.8. The molecule has 134 valence electrons. The maximum atomic E-state index is 12.4. The van der Waals surface area contributed by atoms with Gasteiger partial charge in [-0.1, -0.05) is 5.57 Å². The van der Waals surface area contributed by atoms with Gasteiger partial charge in [0.25, 0.3) is 0 Å². The van der Waals surface area contributed by atoms with Gasteiger partial charge in [0.2, 0.25) is 11.6 Å². The highest BCUT2D eigenvalue weighted by Crippen LogP contribution is 2.33. The van der Waals surface area contributed by atoms with Gasteiger partial charge in [-0.2, -0.15) is 0 Å². The molecule has 3 saturated heterocycles. The number of allylic oxidation sites excluding steroid dienone is 2. The molecule has 0 aromatic rings. The smallest absolute Gasteiger partial charge is 0.331 e. The van der Waals surface area contributed by atoms with Crippen LogP contribution < -0.4 is 0 Å². The van der Waals surface area contributed by atoms with Crippen molar-refractivity contribution in [2.24, 2.45) is 0 Å². The molecule has 7 nitrogen and oxygen atoms in total. The fraction of sp³-hybridized carbons (Fsp3) is 0.500. The van der Waals surface area contributed by atoms with Gasteiger partial charge >= 0.3 is 5.97 Å². The Morgan fingerprint density at radius 2 is 1.36 bits per heavy atom. The van der Waals surface area contributed by atoms with Gasteiger partial charge in [0, 0.05) is 50.9 Å². The Bertz CT molecular complexity index is 731. The summed E-state index contributed by atoms with van der Waals surface area (Å²) in [6, 6.07) is 0. The van der Waals surface area contributed by atoms with Crippen molar-refractivity contribution in [3.8, 4) is 0 Å². The first kappa shape index (κ1) is 17.3. The molecule has 0 saturated carbocycles. The molecule has 0 atom stereocenters. The fourth-order valence-electron chi connectivity index (χ4n) is 2.49. The Morgan fingerprint density at radius 1 is 0.880 bits per heavy atom. The molecular formula is C18H23N3O4. The first-order valence-electron chi connectivity index (χ1n) is 8.48. The summed E-state index contributed by atoms with van der Waals surface area (Å²) in [5, 5.41) is 8.29. The third kappa shape index (κ3) is 3.75. The number of ketones is 2. The minimum Gasteiger partial charge on any atom is -0.478 e. The van der Waals surface area contributed by atoms with Crippen LogP contribution in [0.5, 0.6) is 0 Å². The van der Waals surface area contributed by atoms with Crippen molar-refractivity contribution in [1.29, 1.82) is 0 Å². The standard InChI is InChI=1S/C12H13N3O2.C6H10O2/c16-9-7-8(13-1-2-13)12(17)11(15-5-6-15)10(9)14-3-4-14;1-4(2)5(3)6(7)8/h7H,1-6H2;1-3H3,(H,7,8). The van der Waals surface area contributed by atoms with Crippen molar-refractivity contribution < 1.29 is 19.5 Å². The minimum atomic E-state index is -0.829. The Balaban J connectivity index is 0.000000197. The van der Waals surface area contributed by atoms with E-state index in [1.54, 1.807) is 20.8 Å². The van der Waals surface area contributed by atoms with Crippen molar-refractivity contribution >= 4 is 17.5 Å². The molecule has 0 unspecified atom stereocenters. The summed E-state index contributed by atoms with van der Waals surface area (Å²) in [5.41, 5.74) is 3.18. The van der Waals surface area contributed by atoms with Crippen LogP contribution in [-0.4, -0.2) is 76.6 Å². The van der Waals surface area contributed by atoms with Gasteiger partial charge in [-0.3, -0.25) is 9.59 Å². The van der Waals surface area contributed by atoms with Gasteiger partial charge in [-0.25, -0.2) is 4.79 Å². The molecule has 0 radical (unpaired) electrons. The second kappa shape index (κ2) is 6.38. The summed E-state index contributed by atoms with van der Waals surface area (Å²) >= 11 is 0. The summed E-state index contributed by atoms with van der Waals surface area (Å²) in [5.74, 6) is -0.780. The fourth-order valence-corrected chi connectivity index (χ4v) is 2.49. The predicted molar refractivity (Wildman–Crippen MR) is 91.5 cm³/mol. The molecule has 3 aliphatic heterocycles. The van der Waals surface area contributed by atoms with Crippen LogP contribution in [0.25, 0.3) is 0 Å². The molecule has 3 fully saturated rings. The Hall–Kier alpha value is -2.57. The molecule has 25 heavy (non-hydrogen) atoms. The Labute approximate surface area is 146 Å². The molecule has 0 aromatic carbocycles. The van der Waals surface area contributed by atoms with Crippen molar-refractivity contribution in [3.63, 3.8) is 0 Å². The zero-order chi connectivity index (χ0) is 18.3. The van der Waals surface area contributed by atoms with Crippen molar-refractivity contribution in [2.45, 2.75) is 20.8 Å². The van der Waals surface area contributed by atoms with Crippen molar-refractivity contribution in [2.75, 3.05) is 39.3 Å². The highest BCUT2D eigenvalue weighted by Gasteiger charge is 2.43. The van der Waals surface area contributed by atoms with E-state index < -0.39 is 5.97 Å². The molecule has 0 aromatic heterocycles. The Morgan fingerprint density at radius 3 is 1.72 bits per heavy atom. The largest absolute Gasteiger partial charge is 0.478 e. The van der Waals surface area contributed by atoms with Gasteiger partial charge in [0.15, 0.2) is 0 Å². The van der Waals surface area contributed by atoms with Crippen LogP contribution in [-0.2, 0) is 14.4 Å². The number of rotatable bonds is 4. The lowest BCUT2D eigenvalue weighted by Crippen LogP contribution is -2.29. The number of Topliss-reactive ketones (excluding diaryl/α,β-unsaturated/α-hetero) is 1. The maximum absolute atomic E-state index is 12.4. The highest BCUT2D eigenvalue weighted by molar-refractivity contribution is 6.22. The minimum absolute atomic E-state index is 0.00546. The number of carboxylic acid groups (broad SMARTS) is 1. The second-order valence-corrected chi connectivity index (χ2v) is 6.81. The molecule has 1 N–H and O–H groups in total. The number of nitrogens with zero attached hydrogens (tertiary/aromatic N) is 3. The predicted octanol–water partition coefficient (Wildman–Crippen LogP) is 0.608. The van der Waals surface area contributed by atoms with Crippen LogP contribution in [0, 0.1) is 0 Å². The molecule has 4 aliphatic rings. The van der Waals surface area contributed by atoms with E-state index in [0.29, 0.717) is 22.7 Å². The van der Waals surface area contributed by atoms with Crippen LogP contribution in [0.2, 0.25) is 0 Å². The van der Waals surface area contributed by atoms with Crippen LogP contribution in [0.4, 0.5) is 0 Å². The van der Waals surface area contributed by atoms with Crippen molar-refractivity contribution in [3.05, 3.63) is 34.3 Å². The van der Waals surface area contributed by atoms with E-state index in [4.69, 9.17) is 5.11 Å². The van der Waals surface area contributed by atoms with E-state index in [2.05, 4.69) is 0 Å². The third-order valence-electron chi connectivity index (χ3n) is 4.56. The Kier molecular flexibility index (Phi) is 4.41. The quantitative estimate of drug-likeness (QED) is 0.454. The van der Waals surface area contributed by atoms with Gasteiger partial charge in [-0.15, -0.1) is 0 Å². The zero-order valence-corrected chi connectivity index (χ0v) is 14.8. The average molecular weight is 345 g/mol. The molecule has 0 bridgehead atoms. The van der Waals surface area contributed by atoms with Gasteiger partial charge < -0.3 is 19.8 Å². The number of carbonyl (C=O) groups is 3. The maximum Gasteiger partial charge on any atom is 0.331 e.